The van der Waals surface area contributed by atoms with Gasteiger partial charge in [0.1, 0.15) is 17.1 Å². The summed E-state index contributed by atoms with van der Waals surface area (Å²) in [6.07, 6.45) is 0. The number of hydrogen-bond acceptors (Lipinski definition) is 4. The second-order valence-corrected chi connectivity index (χ2v) is 6.35. The Kier molecular flexibility index (Phi) is 3.84. The van der Waals surface area contributed by atoms with Gasteiger partial charge in [0.15, 0.2) is 0 Å². The zero-order valence-electron chi connectivity index (χ0n) is 11.2. The minimum Gasteiger partial charge on any atom is -0.477 e. The van der Waals surface area contributed by atoms with Crippen molar-refractivity contribution in [3.63, 3.8) is 0 Å². The number of nitrogens with one attached hydrogen (secondary N) is 1. The minimum absolute atomic E-state index is 0.134. The predicted octanol–water partition coefficient (Wildman–Crippen LogP) is 1.24. The Bertz CT molecular complexity index is 691. The quantitative estimate of drug-likeness (QED) is 0.810. The Morgan fingerprint density at radius 1 is 1.32 bits per heavy atom. The van der Waals surface area contributed by atoms with E-state index in [-0.39, 0.29) is 16.6 Å². The highest BCUT2D eigenvalue weighted by Gasteiger charge is 2.54. The van der Waals surface area contributed by atoms with Crippen molar-refractivity contribution in [1.82, 2.24) is 10.2 Å². The maximum atomic E-state index is 12.2. The summed E-state index contributed by atoms with van der Waals surface area (Å²) in [6, 6.07) is 7.79. The molecule has 2 heterocycles. The fourth-order valence-corrected chi connectivity index (χ4v) is 3.95. The number of rotatable bonds is 3. The van der Waals surface area contributed by atoms with Gasteiger partial charge in [-0.15, -0.1) is 11.8 Å². The van der Waals surface area contributed by atoms with E-state index in [4.69, 9.17) is 16.7 Å². The molecule has 1 aromatic rings. The molecule has 0 spiro atoms. The van der Waals surface area contributed by atoms with Crippen LogP contribution in [-0.4, -0.2) is 45.0 Å². The number of hydrogen-bond donors (Lipinski definition) is 2. The van der Waals surface area contributed by atoms with Crippen molar-refractivity contribution in [3.05, 3.63) is 46.6 Å². The lowest BCUT2D eigenvalue weighted by Crippen LogP contribution is -2.70. The molecule has 2 amide bonds. The first-order chi connectivity index (χ1) is 10.5. The molecule has 1 unspecified atom stereocenters. The summed E-state index contributed by atoms with van der Waals surface area (Å²) in [5.74, 6) is -1.76. The third-order valence-electron chi connectivity index (χ3n) is 3.45. The molecule has 6 nitrogen and oxygen atoms in total. The number of carboxylic acid groups (broad SMARTS) is 1. The lowest BCUT2D eigenvalue weighted by molar-refractivity contribution is -0.148. The Morgan fingerprint density at radius 3 is 2.64 bits per heavy atom. The molecule has 2 atom stereocenters. The number of halogens is 1. The van der Waals surface area contributed by atoms with E-state index in [9.17, 15) is 14.4 Å². The van der Waals surface area contributed by atoms with E-state index in [1.54, 1.807) is 30.3 Å². The molecule has 3 rings (SSSR count). The van der Waals surface area contributed by atoms with Gasteiger partial charge in [0.05, 0.1) is 5.03 Å². The van der Waals surface area contributed by atoms with Crippen molar-refractivity contribution >= 4 is 41.1 Å². The lowest BCUT2D eigenvalue weighted by Gasteiger charge is -2.48. The van der Waals surface area contributed by atoms with Gasteiger partial charge in [-0.3, -0.25) is 14.5 Å². The summed E-state index contributed by atoms with van der Waals surface area (Å²) < 4.78 is 0. The van der Waals surface area contributed by atoms with Crippen molar-refractivity contribution in [2.45, 2.75) is 11.4 Å². The van der Waals surface area contributed by atoms with Crippen molar-refractivity contribution in [2.75, 3.05) is 5.75 Å². The van der Waals surface area contributed by atoms with Gasteiger partial charge in [-0.1, -0.05) is 29.8 Å². The van der Waals surface area contributed by atoms with E-state index < -0.39 is 23.3 Å². The fraction of sp³-hybridized carbons (Fsp3) is 0.214. The minimum atomic E-state index is -1.24. The normalized spacial score (nSPS) is 23.7. The van der Waals surface area contributed by atoms with Crippen LogP contribution in [0.1, 0.15) is 10.4 Å². The van der Waals surface area contributed by atoms with Crippen LogP contribution in [0.4, 0.5) is 0 Å². The Morgan fingerprint density at radius 2 is 2.00 bits per heavy atom. The first kappa shape index (κ1) is 14.9. The van der Waals surface area contributed by atoms with E-state index in [2.05, 4.69) is 5.32 Å². The number of thioether (sulfide) groups is 1. The first-order valence-corrected chi connectivity index (χ1v) is 7.86. The number of carbonyl (C=O) groups is 3. The molecule has 0 radical (unpaired) electrons. The second kappa shape index (κ2) is 5.66. The number of aliphatic carboxylic acids is 1. The molecule has 1 aromatic carbocycles. The summed E-state index contributed by atoms with van der Waals surface area (Å²) in [5.41, 5.74) is 0.252. The second-order valence-electron chi connectivity index (χ2n) is 4.79. The molecule has 114 valence electrons. The van der Waals surface area contributed by atoms with Crippen LogP contribution in [0.15, 0.2) is 41.1 Å². The topological polar surface area (TPSA) is 86.7 Å². The van der Waals surface area contributed by atoms with Crippen molar-refractivity contribution in [3.8, 4) is 0 Å². The van der Waals surface area contributed by atoms with Gasteiger partial charge in [-0.2, -0.15) is 0 Å². The van der Waals surface area contributed by atoms with Gasteiger partial charge in [-0.05, 0) is 12.1 Å². The van der Waals surface area contributed by atoms with Gasteiger partial charge < -0.3 is 10.4 Å². The monoisotopic (exact) mass is 338 g/mol. The Labute approximate surface area is 135 Å². The highest BCUT2D eigenvalue weighted by Crippen LogP contribution is 2.41. The molecule has 0 bridgehead atoms. The molecule has 8 heteroatoms. The van der Waals surface area contributed by atoms with Gasteiger partial charge in [-0.25, -0.2) is 4.79 Å². The number of carbonyl (C=O) groups excluding carboxylic acids is 2. The van der Waals surface area contributed by atoms with Crippen molar-refractivity contribution in [1.29, 1.82) is 0 Å². The van der Waals surface area contributed by atoms with Crippen LogP contribution >= 0.6 is 23.4 Å². The van der Waals surface area contributed by atoms with Crippen LogP contribution in [-0.2, 0) is 9.59 Å². The van der Waals surface area contributed by atoms with Gasteiger partial charge in [0, 0.05) is 11.3 Å². The third kappa shape index (κ3) is 2.36. The van der Waals surface area contributed by atoms with E-state index in [0.29, 0.717) is 11.3 Å². The van der Waals surface area contributed by atoms with E-state index in [1.807, 2.05) is 0 Å². The SMILES string of the molecule is O=C(O)C1=C(Cl)CS[C@@H]2C(NC(=O)c3ccccc3)C(=O)N12. The van der Waals surface area contributed by atoms with Crippen molar-refractivity contribution in [2.24, 2.45) is 0 Å². The smallest absolute Gasteiger partial charge is 0.353 e. The zero-order valence-corrected chi connectivity index (χ0v) is 12.7. The average Bonchev–Trinajstić information content (AvgIpc) is 2.52. The highest BCUT2D eigenvalue weighted by molar-refractivity contribution is 8.00. The summed E-state index contributed by atoms with van der Waals surface area (Å²) in [7, 11) is 0. The Balaban J connectivity index is 1.76. The molecule has 1 fully saturated rings. The van der Waals surface area contributed by atoms with Crippen LogP contribution in [0.5, 0.6) is 0 Å². The first-order valence-electron chi connectivity index (χ1n) is 6.43. The lowest BCUT2D eigenvalue weighted by atomic mass is 10.0. The standard InChI is InChI=1S/C14H11ClN2O4S/c15-8-6-22-13-9(12(19)17(13)10(8)14(20)21)16-11(18)7-4-2-1-3-5-7/h1-5,9,13H,6H2,(H,16,18)(H,20,21)/t9?,13-/m1/s1. The summed E-state index contributed by atoms with van der Waals surface area (Å²) >= 11 is 7.21. The van der Waals surface area contributed by atoms with Crippen LogP contribution in [0.2, 0.25) is 0 Å². The van der Waals surface area contributed by atoms with E-state index >= 15 is 0 Å². The van der Waals surface area contributed by atoms with Crippen LogP contribution < -0.4 is 5.32 Å². The highest BCUT2D eigenvalue weighted by atomic mass is 35.5. The number of fused-ring (bicyclic) bond motifs is 1. The average molecular weight is 339 g/mol. The largest absolute Gasteiger partial charge is 0.477 e. The molecule has 22 heavy (non-hydrogen) atoms. The molecule has 0 saturated carbocycles. The zero-order chi connectivity index (χ0) is 15.9. The van der Waals surface area contributed by atoms with Crippen LogP contribution in [0, 0.1) is 0 Å². The Hall–Kier alpha value is -1.99. The third-order valence-corrected chi connectivity index (χ3v) is 5.20. The number of carboxylic acids is 1. The fourth-order valence-electron chi connectivity index (χ4n) is 2.40. The summed E-state index contributed by atoms with van der Waals surface area (Å²) in [4.78, 5) is 36.6. The number of β-lactam (4-membered cyclic amide) rings is 1. The van der Waals surface area contributed by atoms with Crippen LogP contribution in [0.25, 0.3) is 0 Å². The van der Waals surface area contributed by atoms with E-state index in [0.717, 1.165) is 4.90 Å². The molecule has 1 saturated heterocycles. The van der Waals surface area contributed by atoms with Crippen molar-refractivity contribution < 1.29 is 19.5 Å². The maximum absolute atomic E-state index is 12.2. The van der Waals surface area contributed by atoms with E-state index in [1.165, 1.54) is 11.8 Å². The van der Waals surface area contributed by atoms with Gasteiger partial charge in [0.2, 0.25) is 0 Å². The molecule has 0 aliphatic carbocycles. The molecule has 2 aliphatic rings. The predicted molar refractivity (Wildman–Crippen MR) is 81.3 cm³/mol. The maximum Gasteiger partial charge on any atom is 0.353 e. The number of amides is 2. The summed E-state index contributed by atoms with van der Waals surface area (Å²) in [6.45, 7) is 0. The number of benzene rings is 1. The molecule has 2 aliphatic heterocycles. The molecular formula is C14H11ClN2O4S. The number of nitrogens with zero attached hydrogens (tertiary/aromatic N) is 1. The molecule has 2 N–H and O–H groups in total. The van der Waals surface area contributed by atoms with Crippen LogP contribution in [0.3, 0.4) is 0 Å². The molecule has 0 aromatic heterocycles. The van der Waals surface area contributed by atoms with Gasteiger partial charge in [0.25, 0.3) is 11.8 Å². The summed E-state index contributed by atoms with van der Waals surface area (Å²) in [5, 5.41) is 11.5. The van der Waals surface area contributed by atoms with Gasteiger partial charge >= 0.3 is 5.97 Å². The molecular weight excluding hydrogens is 328 g/mol.